The second kappa shape index (κ2) is 11.3. The van der Waals surface area contributed by atoms with Crippen molar-refractivity contribution >= 4 is 28.6 Å². The van der Waals surface area contributed by atoms with Gasteiger partial charge in [-0.15, -0.1) is 0 Å². The van der Waals surface area contributed by atoms with Gasteiger partial charge in [-0.05, 0) is 68.0 Å². The highest BCUT2D eigenvalue weighted by atomic mass is 16.5. The van der Waals surface area contributed by atoms with Crippen molar-refractivity contribution in [2.75, 3.05) is 30.9 Å². The van der Waals surface area contributed by atoms with Crippen molar-refractivity contribution in [3.05, 3.63) is 84.4 Å². The number of carbonyl (C=O) groups excluding carboxylic acids is 1. The van der Waals surface area contributed by atoms with Crippen molar-refractivity contribution in [1.29, 1.82) is 0 Å². The van der Waals surface area contributed by atoms with Crippen LogP contribution < -0.4 is 20.3 Å². The van der Waals surface area contributed by atoms with Crippen LogP contribution in [0.2, 0.25) is 0 Å². The largest absolute Gasteiger partial charge is 0.457 e. The summed E-state index contributed by atoms with van der Waals surface area (Å²) in [5.74, 6) is 3.20. The maximum Gasteiger partial charge on any atom is 0.255 e. The Hall–Kier alpha value is -4.13. The van der Waals surface area contributed by atoms with Gasteiger partial charge in [0.1, 0.15) is 17.3 Å². The molecule has 1 fully saturated rings. The molecule has 3 aromatic carbocycles. The minimum atomic E-state index is -0.104. The van der Waals surface area contributed by atoms with Crippen LogP contribution in [0.25, 0.3) is 10.9 Å². The molecule has 0 saturated heterocycles. The number of nitrogens with zero attached hydrogens (tertiary/aromatic N) is 3. The minimum Gasteiger partial charge on any atom is -0.457 e. The molecule has 0 aliphatic heterocycles. The predicted molar refractivity (Wildman–Crippen MR) is 149 cm³/mol. The second-order valence-corrected chi connectivity index (χ2v) is 9.77. The molecule has 4 aromatic rings. The van der Waals surface area contributed by atoms with Gasteiger partial charge < -0.3 is 20.3 Å². The van der Waals surface area contributed by atoms with E-state index in [4.69, 9.17) is 14.7 Å². The van der Waals surface area contributed by atoms with Crippen LogP contribution in [0.1, 0.15) is 36.0 Å². The molecule has 1 aromatic heterocycles. The molecule has 5 rings (SSSR count). The Balaban J connectivity index is 1.15. The van der Waals surface area contributed by atoms with E-state index in [9.17, 15) is 4.79 Å². The molecular formula is C30H33N5O2. The summed E-state index contributed by atoms with van der Waals surface area (Å²) in [6.07, 6.45) is 4.10. The summed E-state index contributed by atoms with van der Waals surface area (Å²) in [4.78, 5) is 24.5. The van der Waals surface area contributed by atoms with E-state index in [2.05, 4.69) is 16.7 Å². The van der Waals surface area contributed by atoms with Gasteiger partial charge in [-0.2, -0.15) is 4.98 Å². The molecule has 7 nitrogen and oxygen atoms in total. The lowest BCUT2D eigenvalue weighted by Gasteiger charge is -2.29. The number of para-hydroxylation sites is 3. The normalized spacial score (nSPS) is 17.2. The molecule has 1 heterocycles. The first-order valence-electron chi connectivity index (χ1n) is 12.9. The highest BCUT2D eigenvalue weighted by Gasteiger charge is 2.23. The van der Waals surface area contributed by atoms with Crippen molar-refractivity contribution in [3.63, 3.8) is 0 Å². The first kappa shape index (κ1) is 24.6. The highest BCUT2D eigenvalue weighted by molar-refractivity contribution is 5.97. The predicted octanol–water partition coefficient (Wildman–Crippen LogP) is 5.89. The van der Waals surface area contributed by atoms with E-state index >= 15 is 0 Å². The van der Waals surface area contributed by atoms with Gasteiger partial charge in [0, 0.05) is 32.1 Å². The van der Waals surface area contributed by atoms with Gasteiger partial charge in [-0.25, -0.2) is 4.98 Å². The Labute approximate surface area is 217 Å². The van der Waals surface area contributed by atoms with Crippen LogP contribution in [-0.2, 0) is 0 Å². The molecule has 1 amide bonds. The van der Waals surface area contributed by atoms with Gasteiger partial charge in [0.2, 0.25) is 5.95 Å². The smallest absolute Gasteiger partial charge is 0.255 e. The van der Waals surface area contributed by atoms with Crippen LogP contribution in [0, 0.1) is 5.92 Å². The molecule has 7 heteroatoms. The summed E-state index contributed by atoms with van der Waals surface area (Å²) in [6.45, 7) is 0.655. The zero-order valence-electron chi connectivity index (χ0n) is 21.4. The van der Waals surface area contributed by atoms with E-state index in [1.807, 2.05) is 85.7 Å². The average molecular weight is 496 g/mol. The van der Waals surface area contributed by atoms with Crippen LogP contribution in [0.15, 0.2) is 78.9 Å². The van der Waals surface area contributed by atoms with Gasteiger partial charge >= 0.3 is 0 Å². The Kier molecular flexibility index (Phi) is 7.49. The summed E-state index contributed by atoms with van der Waals surface area (Å²) in [5.41, 5.74) is 1.49. The summed E-state index contributed by atoms with van der Waals surface area (Å²) >= 11 is 0. The van der Waals surface area contributed by atoms with Crippen molar-refractivity contribution in [3.8, 4) is 11.5 Å². The van der Waals surface area contributed by atoms with Crippen LogP contribution in [-0.4, -0.2) is 42.6 Å². The highest BCUT2D eigenvalue weighted by Crippen LogP contribution is 2.29. The SMILES string of the molecule is CN(C)c1nc(N[C@H]2CC[C@@H](CNC(=O)c3ccccc3Oc3ccccc3)CC2)nc2ccccc12. The fourth-order valence-corrected chi connectivity index (χ4v) is 4.85. The van der Waals surface area contributed by atoms with Crippen LogP contribution >= 0.6 is 0 Å². The molecule has 1 aliphatic carbocycles. The van der Waals surface area contributed by atoms with E-state index in [-0.39, 0.29) is 5.91 Å². The fourth-order valence-electron chi connectivity index (χ4n) is 4.85. The zero-order valence-corrected chi connectivity index (χ0v) is 21.4. The van der Waals surface area contributed by atoms with Gasteiger partial charge in [0.15, 0.2) is 0 Å². The third-order valence-electron chi connectivity index (χ3n) is 6.84. The number of anilines is 2. The van der Waals surface area contributed by atoms with Crippen LogP contribution in [0.5, 0.6) is 11.5 Å². The summed E-state index contributed by atoms with van der Waals surface area (Å²) in [7, 11) is 4.01. The molecule has 2 N–H and O–H groups in total. The third-order valence-corrected chi connectivity index (χ3v) is 6.84. The Morgan fingerprint density at radius 1 is 0.892 bits per heavy atom. The maximum atomic E-state index is 13.0. The average Bonchev–Trinajstić information content (AvgIpc) is 2.93. The number of fused-ring (bicyclic) bond motifs is 1. The molecule has 1 aliphatic rings. The van der Waals surface area contributed by atoms with E-state index in [0.29, 0.717) is 41.5 Å². The Morgan fingerprint density at radius 2 is 1.59 bits per heavy atom. The van der Waals surface area contributed by atoms with Crippen molar-refractivity contribution < 1.29 is 9.53 Å². The second-order valence-electron chi connectivity index (χ2n) is 9.77. The van der Waals surface area contributed by atoms with Gasteiger partial charge in [-0.3, -0.25) is 4.79 Å². The van der Waals surface area contributed by atoms with Gasteiger partial charge in [0.05, 0.1) is 11.1 Å². The molecule has 0 atom stereocenters. The summed E-state index contributed by atoms with van der Waals surface area (Å²) in [5, 5.41) is 7.74. The maximum absolute atomic E-state index is 13.0. The molecule has 0 radical (unpaired) electrons. The van der Waals surface area contributed by atoms with Gasteiger partial charge in [0.25, 0.3) is 5.91 Å². The van der Waals surface area contributed by atoms with E-state index in [0.717, 1.165) is 42.4 Å². The minimum absolute atomic E-state index is 0.104. The van der Waals surface area contributed by atoms with E-state index in [1.165, 1.54) is 0 Å². The van der Waals surface area contributed by atoms with Crippen molar-refractivity contribution in [2.24, 2.45) is 5.92 Å². The van der Waals surface area contributed by atoms with Crippen molar-refractivity contribution in [2.45, 2.75) is 31.7 Å². The number of benzene rings is 3. The standard InChI is InChI=1S/C30H33N5O2/c1-35(2)28-24-12-6-8-14-26(24)33-30(34-28)32-22-18-16-21(17-19-22)20-31-29(36)25-13-7-9-15-27(25)37-23-10-4-3-5-11-23/h3-15,21-22H,16-20H2,1-2H3,(H,31,36)(H,32,33,34)/t21-,22+. The number of rotatable bonds is 8. The molecule has 0 unspecified atom stereocenters. The summed E-state index contributed by atoms with van der Waals surface area (Å²) < 4.78 is 5.96. The first-order chi connectivity index (χ1) is 18.1. The topological polar surface area (TPSA) is 79.4 Å². The number of hydrogen-bond donors (Lipinski definition) is 2. The number of carbonyl (C=O) groups is 1. The molecule has 190 valence electrons. The summed E-state index contributed by atoms with van der Waals surface area (Å²) in [6, 6.07) is 25.3. The molecule has 0 spiro atoms. The first-order valence-corrected chi connectivity index (χ1v) is 12.9. The molecule has 37 heavy (non-hydrogen) atoms. The van der Waals surface area contributed by atoms with Crippen LogP contribution in [0.4, 0.5) is 11.8 Å². The number of hydrogen-bond acceptors (Lipinski definition) is 6. The molecule has 1 saturated carbocycles. The lowest BCUT2D eigenvalue weighted by Crippen LogP contribution is -2.34. The Bertz CT molecular complexity index is 1350. The number of amides is 1. The quantitative estimate of drug-likeness (QED) is 0.317. The fraction of sp³-hybridized carbons (Fsp3) is 0.300. The van der Waals surface area contributed by atoms with Crippen LogP contribution in [0.3, 0.4) is 0 Å². The zero-order chi connectivity index (χ0) is 25.6. The monoisotopic (exact) mass is 495 g/mol. The number of aromatic nitrogens is 2. The Morgan fingerprint density at radius 3 is 2.38 bits per heavy atom. The third kappa shape index (κ3) is 6.00. The lowest BCUT2D eigenvalue weighted by molar-refractivity contribution is 0.0941. The molecule has 0 bridgehead atoms. The molecular weight excluding hydrogens is 462 g/mol. The van der Waals surface area contributed by atoms with E-state index in [1.54, 1.807) is 6.07 Å². The van der Waals surface area contributed by atoms with Gasteiger partial charge in [-0.1, -0.05) is 42.5 Å². The number of ether oxygens (including phenoxy) is 1. The van der Waals surface area contributed by atoms with Crippen molar-refractivity contribution in [1.82, 2.24) is 15.3 Å². The number of nitrogens with one attached hydrogen (secondary N) is 2. The lowest BCUT2D eigenvalue weighted by atomic mass is 9.86. The van der Waals surface area contributed by atoms with E-state index < -0.39 is 0 Å².